The van der Waals surface area contributed by atoms with Gasteiger partial charge in [-0.25, -0.2) is 4.98 Å². The summed E-state index contributed by atoms with van der Waals surface area (Å²) in [6.07, 6.45) is 5.01. The molecule has 0 spiro atoms. The molecule has 0 saturated heterocycles. The van der Waals surface area contributed by atoms with E-state index in [1.807, 2.05) is 0 Å². The van der Waals surface area contributed by atoms with E-state index < -0.39 is 4.92 Å². The first kappa shape index (κ1) is 10.2. The van der Waals surface area contributed by atoms with Crippen molar-refractivity contribution in [3.8, 4) is 5.69 Å². The molecule has 82 valence electrons. The minimum Gasteiger partial charge on any atom is -0.393 e. The first-order chi connectivity index (χ1) is 7.59. The zero-order valence-corrected chi connectivity index (χ0v) is 8.62. The molecule has 6 nitrogen and oxygen atoms in total. The Morgan fingerprint density at radius 2 is 2.25 bits per heavy atom. The summed E-state index contributed by atoms with van der Waals surface area (Å²) >= 11 is 0. The second-order valence-electron chi connectivity index (χ2n) is 3.42. The monoisotopic (exact) mass is 218 g/mol. The van der Waals surface area contributed by atoms with Crippen molar-refractivity contribution >= 4 is 11.4 Å². The number of aromatic nitrogens is 2. The lowest BCUT2D eigenvalue weighted by atomic mass is 10.1. The van der Waals surface area contributed by atoms with Crippen LogP contribution >= 0.6 is 0 Å². The highest BCUT2D eigenvalue weighted by Crippen LogP contribution is 2.27. The quantitative estimate of drug-likeness (QED) is 0.472. The highest BCUT2D eigenvalue weighted by Gasteiger charge is 2.14. The van der Waals surface area contributed by atoms with Gasteiger partial charge in [0.05, 0.1) is 16.9 Å². The van der Waals surface area contributed by atoms with Crippen LogP contribution in [0.1, 0.15) is 5.56 Å². The Morgan fingerprint density at radius 3 is 2.81 bits per heavy atom. The molecule has 2 N–H and O–H groups in total. The van der Waals surface area contributed by atoms with Crippen LogP contribution in [0.2, 0.25) is 0 Å². The van der Waals surface area contributed by atoms with Crippen molar-refractivity contribution in [3.63, 3.8) is 0 Å². The maximum Gasteiger partial charge on any atom is 0.292 e. The van der Waals surface area contributed by atoms with Crippen LogP contribution in [0.4, 0.5) is 11.4 Å². The highest BCUT2D eigenvalue weighted by atomic mass is 16.6. The maximum absolute atomic E-state index is 10.7. The zero-order chi connectivity index (χ0) is 11.7. The van der Waals surface area contributed by atoms with E-state index in [9.17, 15) is 10.1 Å². The second-order valence-corrected chi connectivity index (χ2v) is 3.42. The van der Waals surface area contributed by atoms with E-state index in [0.29, 0.717) is 0 Å². The molecule has 0 atom stereocenters. The Kier molecular flexibility index (Phi) is 2.32. The molecule has 0 unspecified atom stereocenters. The first-order valence-corrected chi connectivity index (χ1v) is 4.62. The lowest BCUT2D eigenvalue weighted by molar-refractivity contribution is -0.383. The van der Waals surface area contributed by atoms with Gasteiger partial charge in [0, 0.05) is 18.5 Å². The largest absolute Gasteiger partial charge is 0.393 e. The first-order valence-electron chi connectivity index (χ1n) is 4.62. The summed E-state index contributed by atoms with van der Waals surface area (Å²) in [6, 6.07) is 3.04. The van der Waals surface area contributed by atoms with Crippen molar-refractivity contribution in [2.75, 3.05) is 5.73 Å². The third-order valence-corrected chi connectivity index (χ3v) is 2.32. The summed E-state index contributed by atoms with van der Waals surface area (Å²) in [4.78, 5) is 14.1. The van der Waals surface area contributed by atoms with Crippen LogP contribution in [-0.2, 0) is 0 Å². The van der Waals surface area contributed by atoms with Crippen LogP contribution in [0.25, 0.3) is 5.69 Å². The minimum absolute atomic E-state index is 0.0682. The molecule has 1 aromatic carbocycles. The summed E-state index contributed by atoms with van der Waals surface area (Å²) in [5, 5.41) is 10.7. The molecule has 0 aliphatic carbocycles. The van der Waals surface area contributed by atoms with Gasteiger partial charge in [-0.05, 0) is 18.6 Å². The van der Waals surface area contributed by atoms with Gasteiger partial charge >= 0.3 is 0 Å². The fourth-order valence-corrected chi connectivity index (χ4v) is 1.54. The molecule has 0 fully saturated rings. The molecule has 2 aromatic rings. The predicted molar refractivity (Wildman–Crippen MR) is 59.4 cm³/mol. The third-order valence-electron chi connectivity index (χ3n) is 2.32. The average Bonchev–Trinajstić information content (AvgIpc) is 2.73. The van der Waals surface area contributed by atoms with Crippen molar-refractivity contribution in [1.82, 2.24) is 9.55 Å². The summed E-state index contributed by atoms with van der Waals surface area (Å²) in [7, 11) is 0. The fraction of sp³-hybridized carbons (Fsp3) is 0.100. The molecular weight excluding hydrogens is 208 g/mol. The van der Waals surface area contributed by atoms with E-state index >= 15 is 0 Å². The molecule has 0 aliphatic heterocycles. The highest BCUT2D eigenvalue weighted by molar-refractivity contribution is 5.65. The van der Waals surface area contributed by atoms with Crippen molar-refractivity contribution < 1.29 is 4.92 Å². The Balaban J connectivity index is 2.59. The van der Waals surface area contributed by atoms with E-state index in [1.165, 1.54) is 6.07 Å². The van der Waals surface area contributed by atoms with Gasteiger partial charge in [-0.3, -0.25) is 10.1 Å². The molecular formula is C10H10N4O2. The molecule has 6 heteroatoms. The molecule has 1 aromatic heterocycles. The number of benzene rings is 1. The SMILES string of the molecule is Cc1cc([N+](=O)[O-])c(N)cc1-n1ccnc1. The Labute approximate surface area is 91.5 Å². The number of nitrogens with zero attached hydrogens (tertiary/aromatic N) is 3. The van der Waals surface area contributed by atoms with E-state index in [2.05, 4.69) is 4.98 Å². The van der Waals surface area contributed by atoms with E-state index in [-0.39, 0.29) is 11.4 Å². The molecule has 16 heavy (non-hydrogen) atoms. The zero-order valence-electron chi connectivity index (χ0n) is 8.62. The van der Waals surface area contributed by atoms with Gasteiger partial charge in [-0.15, -0.1) is 0 Å². The van der Waals surface area contributed by atoms with Crippen LogP contribution in [0.15, 0.2) is 30.9 Å². The summed E-state index contributed by atoms with van der Waals surface area (Å²) < 4.78 is 1.76. The van der Waals surface area contributed by atoms with Crippen molar-refractivity contribution in [2.24, 2.45) is 0 Å². The number of nitrogens with two attached hydrogens (primary N) is 1. The number of rotatable bonds is 2. The van der Waals surface area contributed by atoms with Crippen LogP contribution in [0, 0.1) is 17.0 Å². The van der Waals surface area contributed by atoms with Gasteiger partial charge in [-0.1, -0.05) is 0 Å². The van der Waals surface area contributed by atoms with Gasteiger partial charge < -0.3 is 10.3 Å². The van der Waals surface area contributed by atoms with Gasteiger partial charge in [0.25, 0.3) is 5.69 Å². The molecule has 0 aliphatic rings. The lowest BCUT2D eigenvalue weighted by Gasteiger charge is -2.07. The van der Waals surface area contributed by atoms with Crippen molar-refractivity contribution in [2.45, 2.75) is 6.92 Å². The van der Waals surface area contributed by atoms with Gasteiger partial charge in [0.1, 0.15) is 5.69 Å². The second kappa shape index (κ2) is 3.65. The average molecular weight is 218 g/mol. The number of aryl methyl sites for hydroxylation is 1. The fourth-order valence-electron chi connectivity index (χ4n) is 1.54. The summed E-state index contributed by atoms with van der Waals surface area (Å²) in [5.74, 6) is 0. The normalized spacial score (nSPS) is 10.3. The van der Waals surface area contributed by atoms with Gasteiger partial charge in [-0.2, -0.15) is 0 Å². The van der Waals surface area contributed by atoms with Crippen molar-refractivity contribution in [3.05, 3.63) is 46.5 Å². The van der Waals surface area contributed by atoms with E-state index in [1.54, 1.807) is 36.3 Å². The molecule has 1 heterocycles. The molecule has 0 saturated carbocycles. The number of hydrogen-bond donors (Lipinski definition) is 1. The van der Waals surface area contributed by atoms with Crippen LogP contribution < -0.4 is 5.73 Å². The van der Waals surface area contributed by atoms with Crippen LogP contribution in [-0.4, -0.2) is 14.5 Å². The number of nitrogen functional groups attached to an aromatic ring is 1. The Morgan fingerprint density at radius 1 is 1.50 bits per heavy atom. The molecule has 2 rings (SSSR count). The number of anilines is 1. The number of nitro benzene ring substituents is 1. The predicted octanol–water partition coefficient (Wildman–Crippen LogP) is 1.67. The third kappa shape index (κ3) is 1.60. The number of nitro groups is 1. The topological polar surface area (TPSA) is 87.0 Å². The van der Waals surface area contributed by atoms with Crippen LogP contribution in [0.5, 0.6) is 0 Å². The Hall–Kier alpha value is -2.37. The summed E-state index contributed by atoms with van der Waals surface area (Å²) in [6.45, 7) is 1.79. The van der Waals surface area contributed by atoms with Crippen molar-refractivity contribution in [1.29, 1.82) is 0 Å². The van der Waals surface area contributed by atoms with E-state index in [4.69, 9.17) is 5.73 Å². The number of imidazole rings is 1. The smallest absolute Gasteiger partial charge is 0.292 e. The maximum atomic E-state index is 10.7. The van der Waals surface area contributed by atoms with E-state index in [0.717, 1.165) is 11.3 Å². The summed E-state index contributed by atoms with van der Waals surface area (Å²) in [5.41, 5.74) is 7.27. The number of hydrogen-bond acceptors (Lipinski definition) is 4. The Bertz CT molecular complexity index is 534. The van der Waals surface area contributed by atoms with Crippen LogP contribution in [0.3, 0.4) is 0 Å². The minimum atomic E-state index is -0.486. The molecule has 0 radical (unpaired) electrons. The lowest BCUT2D eigenvalue weighted by Crippen LogP contribution is -2.01. The molecule has 0 bridgehead atoms. The molecule has 0 amide bonds. The standard InChI is InChI=1S/C10H10N4O2/c1-7-4-10(14(15)16)8(11)5-9(7)13-3-2-12-6-13/h2-6H,11H2,1H3. The van der Waals surface area contributed by atoms with Gasteiger partial charge in [0.2, 0.25) is 0 Å². The van der Waals surface area contributed by atoms with Gasteiger partial charge in [0.15, 0.2) is 0 Å².